The summed E-state index contributed by atoms with van der Waals surface area (Å²) in [5, 5.41) is 8.28. The van der Waals surface area contributed by atoms with Crippen LogP contribution in [0.25, 0.3) is 0 Å². The maximum Gasteiger partial charge on any atom is 0.228 e. The Kier molecular flexibility index (Phi) is 8.45. The smallest absolute Gasteiger partial charge is 0.228 e. The first-order valence-electron chi connectivity index (χ1n) is 9.59. The van der Waals surface area contributed by atoms with Crippen LogP contribution < -0.4 is 10.6 Å². The van der Waals surface area contributed by atoms with Crippen molar-refractivity contribution in [3.63, 3.8) is 0 Å². The number of unbranched alkanes of at least 4 members (excludes halogenated alkanes) is 2. The molecule has 27 heavy (non-hydrogen) atoms. The first kappa shape index (κ1) is 21.1. The molecule has 2 aromatic rings. The monoisotopic (exact) mass is 387 g/mol. The Morgan fingerprint density at radius 1 is 1.15 bits per heavy atom. The van der Waals surface area contributed by atoms with E-state index in [0.29, 0.717) is 10.8 Å². The molecule has 146 valence electrons. The van der Waals surface area contributed by atoms with Crippen molar-refractivity contribution < 1.29 is 9.59 Å². The maximum absolute atomic E-state index is 12.5. The summed E-state index contributed by atoms with van der Waals surface area (Å²) >= 11 is 1.35. The topological polar surface area (TPSA) is 71.1 Å². The second kappa shape index (κ2) is 10.8. The lowest BCUT2D eigenvalue weighted by Gasteiger charge is -2.19. The number of benzene rings is 1. The van der Waals surface area contributed by atoms with E-state index < -0.39 is 0 Å². The van der Waals surface area contributed by atoms with Crippen LogP contribution in [0.15, 0.2) is 35.7 Å². The van der Waals surface area contributed by atoms with Gasteiger partial charge in [-0.3, -0.25) is 9.59 Å². The molecule has 1 heterocycles. The Morgan fingerprint density at radius 3 is 2.56 bits per heavy atom. The highest BCUT2D eigenvalue weighted by molar-refractivity contribution is 7.13. The lowest BCUT2D eigenvalue weighted by Crippen LogP contribution is -2.30. The Labute approximate surface area is 165 Å². The van der Waals surface area contributed by atoms with Crippen molar-refractivity contribution in [2.24, 2.45) is 5.92 Å². The lowest BCUT2D eigenvalue weighted by atomic mass is 10.00. The Morgan fingerprint density at radius 2 is 1.89 bits per heavy atom. The summed E-state index contributed by atoms with van der Waals surface area (Å²) in [5.41, 5.74) is 1.81. The molecule has 1 aromatic carbocycles. The summed E-state index contributed by atoms with van der Waals surface area (Å²) in [7, 11) is 0. The van der Waals surface area contributed by atoms with Gasteiger partial charge in [-0.15, -0.1) is 11.3 Å². The molecular formula is C21H29N3O2S. The van der Waals surface area contributed by atoms with Crippen molar-refractivity contribution in [2.75, 3.05) is 5.32 Å². The Balaban J connectivity index is 1.95. The first-order valence-corrected chi connectivity index (χ1v) is 10.5. The number of rotatable bonds is 10. The van der Waals surface area contributed by atoms with E-state index in [4.69, 9.17) is 0 Å². The molecule has 6 heteroatoms. The third-order valence-electron chi connectivity index (χ3n) is 4.28. The number of thiazole rings is 1. The number of nitrogens with zero attached hydrogens (tertiary/aromatic N) is 1. The van der Waals surface area contributed by atoms with Crippen LogP contribution in [-0.2, 0) is 16.0 Å². The van der Waals surface area contributed by atoms with Crippen LogP contribution in [0.2, 0.25) is 0 Å². The molecular weight excluding hydrogens is 358 g/mol. The number of aromatic nitrogens is 1. The molecule has 0 bridgehead atoms. The fraction of sp³-hybridized carbons (Fsp3) is 0.476. The highest BCUT2D eigenvalue weighted by atomic mass is 32.1. The van der Waals surface area contributed by atoms with Crippen molar-refractivity contribution >= 4 is 28.3 Å². The minimum Gasteiger partial charge on any atom is -0.349 e. The van der Waals surface area contributed by atoms with Gasteiger partial charge in [0.2, 0.25) is 11.8 Å². The van der Waals surface area contributed by atoms with Crippen molar-refractivity contribution in [2.45, 2.75) is 58.9 Å². The molecule has 0 aliphatic heterocycles. The highest BCUT2D eigenvalue weighted by Gasteiger charge is 2.16. The number of carbonyl (C=O) groups is 2. The largest absolute Gasteiger partial charge is 0.349 e. The van der Waals surface area contributed by atoms with Crippen LogP contribution in [0, 0.1) is 5.92 Å². The van der Waals surface area contributed by atoms with Gasteiger partial charge in [0.05, 0.1) is 18.2 Å². The molecule has 0 fully saturated rings. The SMILES string of the molecule is CCCCCC(NC(=O)Cc1csc(NC(=O)C(C)C)n1)c1ccccc1. The maximum atomic E-state index is 12.5. The van der Waals surface area contributed by atoms with Gasteiger partial charge in [-0.1, -0.05) is 70.4 Å². The summed E-state index contributed by atoms with van der Waals surface area (Å²) in [6.07, 6.45) is 4.53. The summed E-state index contributed by atoms with van der Waals surface area (Å²) in [6, 6.07) is 10.1. The summed E-state index contributed by atoms with van der Waals surface area (Å²) in [6.45, 7) is 5.84. The molecule has 5 nitrogen and oxygen atoms in total. The van der Waals surface area contributed by atoms with E-state index in [1.54, 1.807) is 0 Å². The summed E-state index contributed by atoms with van der Waals surface area (Å²) in [4.78, 5) is 28.6. The Bertz CT molecular complexity index is 728. The van der Waals surface area contributed by atoms with Crippen LogP contribution in [-0.4, -0.2) is 16.8 Å². The van der Waals surface area contributed by atoms with Gasteiger partial charge in [0.15, 0.2) is 5.13 Å². The molecule has 0 saturated carbocycles. The summed E-state index contributed by atoms with van der Waals surface area (Å²) in [5.74, 6) is -0.219. The third-order valence-corrected chi connectivity index (χ3v) is 5.09. The molecule has 0 aliphatic rings. The first-order chi connectivity index (χ1) is 13.0. The fourth-order valence-electron chi connectivity index (χ4n) is 2.71. The molecule has 2 rings (SSSR count). The van der Waals surface area contributed by atoms with Crippen LogP contribution in [0.4, 0.5) is 5.13 Å². The van der Waals surface area contributed by atoms with Crippen LogP contribution in [0.3, 0.4) is 0 Å². The molecule has 0 radical (unpaired) electrons. The zero-order valence-corrected chi connectivity index (χ0v) is 17.1. The number of nitrogens with one attached hydrogen (secondary N) is 2. The third kappa shape index (κ3) is 7.13. The number of amides is 2. The average molecular weight is 388 g/mol. The predicted octanol–water partition coefficient (Wildman–Crippen LogP) is 4.72. The fourth-order valence-corrected chi connectivity index (χ4v) is 3.42. The van der Waals surface area contributed by atoms with Crippen LogP contribution in [0.5, 0.6) is 0 Å². The predicted molar refractivity (Wildman–Crippen MR) is 111 cm³/mol. The molecule has 1 atom stereocenters. The van der Waals surface area contributed by atoms with E-state index in [1.807, 2.05) is 37.4 Å². The number of hydrogen-bond donors (Lipinski definition) is 2. The van der Waals surface area contributed by atoms with E-state index in [9.17, 15) is 9.59 Å². The zero-order valence-electron chi connectivity index (χ0n) is 16.3. The summed E-state index contributed by atoms with van der Waals surface area (Å²) < 4.78 is 0. The average Bonchev–Trinajstić information content (AvgIpc) is 3.08. The number of carbonyl (C=O) groups excluding carboxylic acids is 2. The molecule has 0 saturated heterocycles. The minimum atomic E-state index is -0.101. The zero-order chi connectivity index (χ0) is 19.6. The minimum absolute atomic E-state index is 0.0176. The van der Waals surface area contributed by atoms with Crippen molar-refractivity contribution in [3.05, 3.63) is 47.0 Å². The van der Waals surface area contributed by atoms with E-state index in [-0.39, 0.29) is 30.2 Å². The van der Waals surface area contributed by atoms with Gasteiger partial charge in [-0.05, 0) is 12.0 Å². The van der Waals surface area contributed by atoms with Gasteiger partial charge in [-0.25, -0.2) is 4.98 Å². The molecule has 0 aliphatic carbocycles. The van der Waals surface area contributed by atoms with E-state index >= 15 is 0 Å². The Hall–Kier alpha value is -2.21. The second-order valence-electron chi connectivity index (χ2n) is 6.99. The number of anilines is 1. The van der Waals surface area contributed by atoms with Crippen LogP contribution >= 0.6 is 11.3 Å². The van der Waals surface area contributed by atoms with Crippen LogP contribution in [0.1, 0.15) is 63.8 Å². The van der Waals surface area contributed by atoms with Gasteiger partial charge in [-0.2, -0.15) is 0 Å². The molecule has 1 aromatic heterocycles. The van der Waals surface area contributed by atoms with Crippen molar-refractivity contribution in [1.29, 1.82) is 0 Å². The van der Waals surface area contributed by atoms with Crippen molar-refractivity contribution in [1.82, 2.24) is 10.3 Å². The molecule has 2 amide bonds. The van der Waals surface area contributed by atoms with E-state index in [2.05, 4.69) is 34.7 Å². The van der Waals surface area contributed by atoms with Gasteiger partial charge < -0.3 is 10.6 Å². The quantitative estimate of drug-likeness (QED) is 0.580. The second-order valence-corrected chi connectivity index (χ2v) is 7.85. The van der Waals surface area contributed by atoms with Gasteiger partial charge in [0.25, 0.3) is 0 Å². The van der Waals surface area contributed by atoms with Gasteiger partial charge in [0.1, 0.15) is 0 Å². The molecule has 0 spiro atoms. The van der Waals surface area contributed by atoms with Gasteiger partial charge in [0, 0.05) is 11.3 Å². The van der Waals surface area contributed by atoms with Gasteiger partial charge >= 0.3 is 0 Å². The van der Waals surface area contributed by atoms with E-state index in [0.717, 1.165) is 31.2 Å². The highest BCUT2D eigenvalue weighted by Crippen LogP contribution is 2.21. The standard InChI is InChI=1S/C21H29N3O2S/c1-4-5-7-12-18(16-10-8-6-9-11-16)23-19(25)13-17-14-27-21(22-17)24-20(26)15(2)3/h6,8-11,14-15,18H,4-5,7,12-13H2,1-3H3,(H,23,25)(H,22,24,26). The molecule has 1 unspecified atom stereocenters. The normalized spacial score (nSPS) is 12.0. The number of hydrogen-bond acceptors (Lipinski definition) is 4. The molecule has 2 N–H and O–H groups in total. The lowest BCUT2D eigenvalue weighted by molar-refractivity contribution is -0.121. The van der Waals surface area contributed by atoms with Crippen molar-refractivity contribution in [3.8, 4) is 0 Å². The van der Waals surface area contributed by atoms with E-state index in [1.165, 1.54) is 11.3 Å².